The molecule has 9 heteroatoms. The molecule has 0 aliphatic carbocycles. The molecular weight excluding hydrogens is 313 g/mol. The molecule has 1 amide bonds. The van der Waals surface area contributed by atoms with Gasteiger partial charge in [0.2, 0.25) is 5.91 Å². The minimum Gasteiger partial charge on any atom is -0.380 e. The van der Waals surface area contributed by atoms with Crippen LogP contribution >= 0.6 is 0 Å². The summed E-state index contributed by atoms with van der Waals surface area (Å²) in [4.78, 5) is 15.3. The lowest BCUT2D eigenvalue weighted by molar-refractivity contribution is -0.272. The van der Waals surface area contributed by atoms with Gasteiger partial charge in [0.25, 0.3) is 0 Å². The standard InChI is InChI=1S/C14H21F3N4O2/c1-19(8-11-7-18-20(2)9-11)12(22)10-21-5-3-13(23,4-6-21)14(15,16)17/h7,9,23H,3-6,8,10H2,1-2H3. The Morgan fingerprint density at radius 3 is 2.52 bits per heavy atom. The van der Waals surface area contributed by atoms with E-state index >= 15 is 0 Å². The van der Waals surface area contributed by atoms with E-state index in [9.17, 15) is 23.1 Å². The van der Waals surface area contributed by atoms with Crippen LogP contribution in [-0.4, -0.2) is 69.1 Å². The lowest BCUT2D eigenvalue weighted by Crippen LogP contribution is -2.54. The number of hydrogen-bond acceptors (Lipinski definition) is 4. The summed E-state index contributed by atoms with van der Waals surface area (Å²) in [6, 6.07) is 0. The van der Waals surface area contributed by atoms with Gasteiger partial charge in [0.1, 0.15) is 0 Å². The van der Waals surface area contributed by atoms with E-state index in [2.05, 4.69) is 5.10 Å². The molecule has 6 nitrogen and oxygen atoms in total. The van der Waals surface area contributed by atoms with E-state index in [0.717, 1.165) is 5.56 Å². The SMILES string of the molecule is CN(Cc1cnn(C)c1)C(=O)CN1CCC(O)(C(F)(F)F)CC1. The number of halogens is 3. The second-order valence-electron chi connectivity index (χ2n) is 6.08. The number of likely N-dealkylation sites (N-methyl/N-ethyl adjacent to an activating group) is 1. The first kappa shape index (κ1) is 17.7. The smallest absolute Gasteiger partial charge is 0.380 e. The fourth-order valence-corrected chi connectivity index (χ4v) is 2.59. The van der Waals surface area contributed by atoms with Gasteiger partial charge in [0, 0.05) is 45.5 Å². The van der Waals surface area contributed by atoms with E-state index in [4.69, 9.17) is 0 Å². The number of rotatable bonds is 4. The predicted molar refractivity (Wildman–Crippen MR) is 76.4 cm³/mol. The Bertz CT molecular complexity index is 550. The largest absolute Gasteiger partial charge is 0.417 e. The van der Waals surface area contributed by atoms with Gasteiger partial charge in [0.15, 0.2) is 5.60 Å². The molecule has 1 aliphatic heterocycles. The average molecular weight is 334 g/mol. The Hall–Kier alpha value is -1.61. The number of amides is 1. The van der Waals surface area contributed by atoms with Crippen LogP contribution in [0.25, 0.3) is 0 Å². The Morgan fingerprint density at radius 2 is 2.04 bits per heavy atom. The second kappa shape index (κ2) is 6.48. The zero-order valence-electron chi connectivity index (χ0n) is 13.2. The van der Waals surface area contributed by atoms with E-state index < -0.39 is 24.6 Å². The van der Waals surface area contributed by atoms with Crippen molar-refractivity contribution in [1.29, 1.82) is 0 Å². The van der Waals surface area contributed by atoms with Crippen LogP contribution in [0.1, 0.15) is 18.4 Å². The third-order valence-corrected chi connectivity index (χ3v) is 4.17. The highest BCUT2D eigenvalue weighted by atomic mass is 19.4. The number of alkyl halides is 3. The van der Waals surface area contributed by atoms with Crippen LogP contribution in [0.4, 0.5) is 13.2 Å². The molecule has 0 unspecified atom stereocenters. The Labute approximate surface area is 132 Å². The molecule has 1 fully saturated rings. The van der Waals surface area contributed by atoms with Crippen molar-refractivity contribution in [3.05, 3.63) is 18.0 Å². The summed E-state index contributed by atoms with van der Waals surface area (Å²) in [6.45, 7) is 0.530. The van der Waals surface area contributed by atoms with Crippen molar-refractivity contribution in [2.75, 3.05) is 26.7 Å². The van der Waals surface area contributed by atoms with E-state index in [1.54, 1.807) is 36.1 Å². The molecule has 0 saturated carbocycles. The van der Waals surface area contributed by atoms with Crippen molar-refractivity contribution < 1.29 is 23.1 Å². The zero-order chi connectivity index (χ0) is 17.3. The summed E-state index contributed by atoms with van der Waals surface area (Å²) >= 11 is 0. The molecule has 23 heavy (non-hydrogen) atoms. The van der Waals surface area contributed by atoms with Gasteiger partial charge in [-0.1, -0.05) is 0 Å². The van der Waals surface area contributed by atoms with E-state index in [-0.39, 0.29) is 25.5 Å². The topological polar surface area (TPSA) is 61.6 Å². The van der Waals surface area contributed by atoms with Gasteiger partial charge in [-0.25, -0.2) is 0 Å². The van der Waals surface area contributed by atoms with Gasteiger partial charge in [0.05, 0.1) is 12.7 Å². The van der Waals surface area contributed by atoms with Crippen LogP contribution in [0, 0.1) is 0 Å². The van der Waals surface area contributed by atoms with E-state index in [1.165, 1.54) is 4.90 Å². The van der Waals surface area contributed by atoms with Crippen LogP contribution < -0.4 is 0 Å². The summed E-state index contributed by atoms with van der Waals surface area (Å²) < 4.78 is 39.8. The Kier molecular flexibility index (Phi) is 5.00. The molecule has 2 heterocycles. The predicted octanol–water partition coefficient (Wildman–Crippen LogP) is 0.768. The summed E-state index contributed by atoms with van der Waals surface area (Å²) in [5.74, 6) is -0.175. The van der Waals surface area contributed by atoms with Crippen molar-refractivity contribution in [2.45, 2.75) is 31.2 Å². The molecule has 1 aromatic rings. The zero-order valence-corrected chi connectivity index (χ0v) is 13.2. The number of nitrogens with zero attached hydrogens (tertiary/aromatic N) is 4. The number of aromatic nitrogens is 2. The summed E-state index contributed by atoms with van der Waals surface area (Å²) in [5, 5.41) is 13.6. The van der Waals surface area contributed by atoms with Crippen molar-refractivity contribution in [1.82, 2.24) is 19.6 Å². The van der Waals surface area contributed by atoms with Crippen molar-refractivity contribution >= 4 is 5.91 Å². The van der Waals surface area contributed by atoms with Gasteiger partial charge in [-0.2, -0.15) is 18.3 Å². The number of piperidine rings is 1. The molecule has 0 atom stereocenters. The van der Waals surface area contributed by atoms with Gasteiger partial charge in [-0.05, 0) is 12.8 Å². The molecule has 1 aromatic heterocycles. The molecular formula is C14H21F3N4O2. The summed E-state index contributed by atoms with van der Waals surface area (Å²) in [5.41, 5.74) is -1.75. The first-order chi connectivity index (χ1) is 10.6. The van der Waals surface area contributed by atoms with Gasteiger partial charge in [-0.15, -0.1) is 0 Å². The van der Waals surface area contributed by atoms with Crippen LogP contribution in [0.3, 0.4) is 0 Å². The highest BCUT2D eigenvalue weighted by Crippen LogP contribution is 2.38. The molecule has 1 N–H and O–H groups in total. The second-order valence-corrected chi connectivity index (χ2v) is 6.08. The van der Waals surface area contributed by atoms with Gasteiger partial charge >= 0.3 is 6.18 Å². The Morgan fingerprint density at radius 1 is 1.43 bits per heavy atom. The monoisotopic (exact) mass is 334 g/mol. The molecule has 0 bridgehead atoms. The van der Waals surface area contributed by atoms with Crippen LogP contribution in [-0.2, 0) is 18.4 Å². The number of aryl methyl sites for hydroxylation is 1. The number of aliphatic hydroxyl groups is 1. The quantitative estimate of drug-likeness (QED) is 0.883. The van der Waals surface area contributed by atoms with Crippen molar-refractivity contribution in [2.24, 2.45) is 7.05 Å². The number of likely N-dealkylation sites (tertiary alicyclic amines) is 1. The number of hydrogen-bond donors (Lipinski definition) is 1. The molecule has 0 radical (unpaired) electrons. The maximum Gasteiger partial charge on any atom is 0.417 e. The third kappa shape index (κ3) is 4.23. The number of carbonyl (C=O) groups excluding carboxylic acids is 1. The van der Waals surface area contributed by atoms with Crippen LogP contribution in [0.2, 0.25) is 0 Å². The minimum absolute atomic E-state index is 0.0441. The molecule has 0 aromatic carbocycles. The maximum absolute atomic E-state index is 12.7. The maximum atomic E-state index is 12.7. The minimum atomic E-state index is -4.62. The molecule has 1 saturated heterocycles. The highest BCUT2D eigenvalue weighted by Gasteiger charge is 2.54. The lowest BCUT2D eigenvalue weighted by atomic mass is 9.91. The lowest BCUT2D eigenvalue weighted by Gasteiger charge is -2.39. The average Bonchev–Trinajstić information content (AvgIpc) is 2.85. The number of carbonyl (C=O) groups is 1. The normalized spacial score (nSPS) is 18.9. The van der Waals surface area contributed by atoms with Gasteiger partial charge < -0.3 is 10.0 Å². The van der Waals surface area contributed by atoms with Crippen LogP contribution in [0.15, 0.2) is 12.4 Å². The van der Waals surface area contributed by atoms with Crippen molar-refractivity contribution in [3.63, 3.8) is 0 Å². The van der Waals surface area contributed by atoms with E-state index in [1.807, 2.05) is 0 Å². The van der Waals surface area contributed by atoms with E-state index in [0.29, 0.717) is 6.54 Å². The Balaban J connectivity index is 1.82. The fourth-order valence-electron chi connectivity index (χ4n) is 2.59. The first-order valence-electron chi connectivity index (χ1n) is 7.34. The first-order valence-corrected chi connectivity index (χ1v) is 7.34. The molecule has 1 aliphatic rings. The highest BCUT2D eigenvalue weighted by molar-refractivity contribution is 5.78. The van der Waals surface area contributed by atoms with Gasteiger partial charge in [-0.3, -0.25) is 14.4 Å². The van der Waals surface area contributed by atoms with Crippen molar-refractivity contribution in [3.8, 4) is 0 Å². The molecule has 2 rings (SSSR count). The summed E-state index contributed by atoms with van der Waals surface area (Å²) in [7, 11) is 3.42. The van der Waals surface area contributed by atoms with Crippen LogP contribution in [0.5, 0.6) is 0 Å². The molecule has 130 valence electrons. The third-order valence-electron chi connectivity index (χ3n) is 4.17. The summed E-state index contributed by atoms with van der Waals surface area (Å²) in [6.07, 6.45) is -1.98. The molecule has 0 spiro atoms. The fraction of sp³-hybridized carbons (Fsp3) is 0.714.